The molecule has 0 amide bonds. The zero-order valence-corrected chi connectivity index (χ0v) is 12.1. The molecule has 108 valence electrons. The zero-order chi connectivity index (χ0) is 14.7. The molecule has 0 aliphatic carbocycles. The van der Waals surface area contributed by atoms with Crippen molar-refractivity contribution in [3.8, 4) is 0 Å². The second-order valence-corrected chi connectivity index (χ2v) is 5.09. The molecule has 0 fully saturated rings. The minimum absolute atomic E-state index is 0.795. The molecule has 1 aromatic carbocycles. The zero-order valence-electron chi connectivity index (χ0n) is 12.1. The summed E-state index contributed by atoms with van der Waals surface area (Å²) in [6, 6.07) is 11.9. The summed E-state index contributed by atoms with van der Waals surface area (Å²) in [6.45, 7) is 3.92. The molecular weight excluding hydrogens is 262 g/mol. The number of aromatic nitrogens is 3. The van der Waals surface area contributed by atoms with E-state index in [9.17, 15) is 0 Å². The molecule has 0 radical (unpaired) electrons. The van der Waals surface area contributed by atoms with Gasteiger partial charge in [0.1, 0.15) is 5.82 Å². The molecule has 2 aromatic heterocycles. The molecule has 0 bridgehead atoms. The monoisotopic (exact) mass is 281 g/mol. The number of nitrogens with zero attached hydrogens (tertiary/aromatic N) is 4. The maximum absolute atomic E-state index is 5.86. The number of hydrogen-bond acceptors (Lipinski definition) is 4. The minimum atomic E-state index is 0.795. The van der Waals surface area contributed by atoms with Crippen molar-refractivity contribution in [1.29, 1.82) is 0 Å². The first-order chi connectivity index (χ1) is 10.3. The van der Waals surface area contributed by atoms with Gasteiger partial charge in [-0.2, -0.15) is 5.10 Å². The Labute approximate surface area is 124 Å². The molecule has 5 nitrogen and oxygen atoms in total. The summed E-state index contributed by atoms with van der Waals surface area (Å²) >= 11 is 0. The Morgan fingerprint density at radius 1 is 1.24 bits per heavy atom. The van der Waals surface area contributed by atoms with Crippen LogP contribution in [0.25, 0.3) is 5.65 Å². The molecule has 0 spiro atoms. The summed E-state index contributed by atoms with van der Waals surface area (Å²) < 4.78 is 1.77. The lowest BCUT2D eigenvalue weighted by Crippen LogP contribution is -2.24. The Balaban J connectivity index is 1.89. The molecule has 2 heterocycles. The van der Waals surface area contributed by atoms with Crippen molar-refractivity contribution in [2.75, 3.05) is 17.2 Å². The molecule has 0 saturated carbocycles. The fraction of sp³-hybridized carbons (Fsp3) is 0.250. The summed E-state index contributed by atoms with van der Waals surface area (Å²) in [5.74, 6) is 0.965. The van der Waals surface area contributed by atoms with Gasteiger partial charge in [-0.25, -0.2) is 9.50 Å². The molecule has 0 saturated heterocycles. The second kappa shape index (κ2) is 5.83. The Hall–Kier alpha value is -2.56. The van der Waals surface area contributed by atoms with E-state index in [-0.39, 0.29) is 0 Å². The van der Waals surface area contributed by atoms with Gasteiger partial charge in [0, 0.05) is 31.0 Å². The number of rotatable bonds is 5. The first-order valence-corrected chi connectivity index (χ1v) is 7.16. The van der Waals surface area contributed by atoms with Gasteiger partial charge in [0.2, 0.25) is 0 Å². The molecule has 0 aliphatic heterocycles. The Morgan fingerprint density at radius 3 is 2.95 bits per heavy atom. The first-order valence-electron chi connectivity index (χ1n) is 7.16. The number of fused-ring (bicyclic) bond motifs is 1. The van der Waals surface area contributed by atoms with Crippen LogP contribution in [-0.4, -0.2) is 21.1 Å². The van der Waals surface area contributed by atoms with E-state index in [0.29, 0.717) is 0 Å². The number of anilines is 2. The molecule has 0 unspecified atom stereocenters. The normalized spacial score (nSPS) is 10.9. The van der Waals surface area contributed by atoms with Gasteiger partial charge in [-0.05, 0) is 30.2 Å². The lowest BCUT2D eigenvalue weighted by Gasteiger charge is -2.23. The van der Waals surface area contributed by atoms with E-state index in [2.05, 4.69) is 28.0 Å². The summed E-state index contributed by atoms with van der Waals surface area (Å²) in [6.07, 6.45) is 4.77. The van der Waals surface area contributed by atoms with E-state index in [1.54, 1.807) is 10.7 Å². The molecular formula is C16H19N5. The molecule has 5 heteroatoms. The highest BCUT2D eigenvalue weighted by atomic mass is 15.3. The third kappa shape index (κ3) is 2.97. The fourth-order valence-electron chi connectivity index (χ4n) is 2.44. The van der Waals surface area contributed by atoms with E-state index >= 15 is 0 Å². The van der Waals surface area contributed by atoms with Crippen molar-refractivity contribution in [1.82, 2.24) is 14.6 Å². The Bertz CT molecular complexity index is 734. The van der Waals surface area contributed by atoms with Gasteiger partial charge in [0.05, 0.1) is 6.20 Å². The van der Waals surface area contributed by atoms with Crippen LogP contribution < -0.4 is 10.6 Å². The maximum Gasteiger partial charge on any atom is 0.157 e. The molecule has 2 N–H and O–H groups in total. The largest absolute Gasteiger partial charge is 0.399 e. The van der Waals surface area contributed by atoms with Gasteiger partial charge in [0.25, 0.3) is 0 Å². The molecule has 3 rings (SSSR count). The van der Waals surface area contributed by atoms with E-state index in [0.717, 1.165) is 36.7 Å². The van der Waals surface area contributed by atoms with Crippen LogP contribution in [0.1, 0.15) is 18.9 Å². The van der Waals surface area contributed by atoms with Gasteiger partial charge in [0.15, 0.2) is 5.65 Å². The minimum Gasteiger partial charge on any atom is -0.399 e. The average Bonchev–Trinajstić information content (AvgIpc) is 2.94. The van der Waals surface area contributed by atoms with Crippen LogP contribution >= 0.6 is 0 Å². The van der Waals surface area contributed by atoms with E-state index in [4.69, 9.17) is 5.73 Å². The van der Waals surface area contributed by atoms with E-state index in [1.165, 1.54) is 5.56 Å². The highest BCUT2D eigenvalue weighted by Gasteiger charge is 2.09. The number of benzene rings is 1. The summed E-state index contributed by atoms with van der Waals surface area (Å²) in [4.78, 5) is 6.93. The summed E-state index contributed by atoms with van der Waals surface area (Å²) in [5.41, 5.74) is 8.71. The summed E-state index contributed by atoms with van der Waals surface area (Å²) in [7, 11) is 0. The van der Waals surface area contributed by atoms with Gasteiger partial charge < -0.3 is 10.6 Å². The Kier molecular flexibility index (Phi) is 3.73. The topological polar surface area (TPSA) is 59.5 Å². The highest BCUT2D eigenvalue weighted by molar-refractivity contribution is 5.48. The van der Waals surface area contributed by atoms with E-state index in [1.807, 2.05) is 36.5 Å². The van der Waals surface area contributed by atoms with E-state index < -0.39 is 0 Å². The lowest BCUT2D eigenvalue weighted by atomic mass is 10.2. The third-order valence-corrected chi connectivity index (χ3v) is 3.39. The molecule has 21 heavy (non-hydrogen) atoms. The van der Waals surface area contributed by atoms with Crippen molar-refractivity contribution in [2.24, 2.45) is 0 Å². The highest BCUT2D eigenvalue weighted by Crippen LogP contribution is 2.17. The molecule has 0 aliphatic rings. The number of hydrogen-bond donors (Lipinski definition) is 1. The maximum atomic E-state index is 5.86. The van der Waals surface area contributed by atoms with Crippen molar-refractivity contribution in [3.05, 3.63) is 54.4 Å². The fourth-order valence-corrected chi connectivity index (χ4v) is 2.44. The third-order valence-electron chi connectivity index (χ3n) is 3.39. The molecule has 3 aromatic rings. The predicted octanol–water partition coefficient (Wildman–Crippen LogP) is 2.73. The van der Waals surface area contributed by atoms with Crippen molar-refractivity contribution >= 4 is 17.2 Å². The van der Waals surface area contributed by atoms with Crippen LogP contribution in [0.4, 0.5) is 11.5 Å². The molecule has 0 atom stereocenters. The summed E-state index contributed by atoms with van der Waals surface area (Å²) in [5, 5.41) is 4.18. The van der Waals surface area contributed by atoms with Crippen LogP contribution in [0.3, 0.4) is 0 Å². The SMILES string of the molecule is CCCN(Cc1cccc(N)c1)c1ccn2nccc2n1. The average molecular weight is 281 g/mol. The standard InChI is InChI=1S/C16H19N5/c1-2-9-20(12-13-4-3-5-14(17)11-13)15-7-10-21-16(19-15)6-8-18-21/h3-8,10-11H,2,9,12,17H2,1H3. The van der Waals surface area contributed by atoms with Gasteiger partial charge in [-0.1, -0.05) is 19.1 Å². The first kappa shape index (κ1) is 13.4. The second-order valence-electron chi connectivity index (χ2n) is 5.09. The quantitative estimate of drug-likeness (QED) is 0.731. The van der Waals surface area contributed by atoms with Gasteiger partial charge >= 0.3 is 0 Å². The Morgan fingerprint density at radius 2 is 2.14 bits per heavy atom. The van der Waals surface area contributed by atoms with Crippen molar-refractivity contribution in [3.63, 3.8) is 0 Å². The smallest absolute Gasteiger partial charge is 0.157 e. The van der Waals surface area contributed by atoms with Crippen LogP contribution in [0.15, 0.2) is 48.8 Å². The van der Waals surface area contributed by atoms with Crippen LogP contribution in [0.2, 0.25) is 0 Å². The van der Waals surface area contributed by atoms with Gasteiger partial charge in [-0.3, -0.25) is 0 Å². The van der Waals surface area contributed by atoms with Crippen molar-refractivity contribution < 1.29 is 0 Å². The van der Waals surface area contributed by atoms with Gasteiger partial charge in [-0.15, -0.1) is 0 Å². The van der Waals surface area contributed by atoms with Crippen LogP contribution in [-0.2, 0) is 6.54 Å². The lowest BCUT2D eigenvalue weighted by molar-refractivity contribution is 0.752. The van der Waals surface area contributed by atoms with Crippen molar-refractivity contribution in [2.45, 2.75) is 19.9 Å². The predicted molar refractivity (Wildman–Crippen MR) is 85.2 cm³/mol. The van der Waals surface area contributed by atoms with Crippen LogP contribution in [0, 0.1) is 0 Å². The number of nitrogen functional groups attached to an aromatic ring is 1. The van der Waals surface area contributed by atoms with Crippen LogP contribution in [0.5, 0.6) is 0 Å². The number of nitrogens with two attached hydrogens (primary N) is 1.